The van der Waals surface area contributed by atoms with Crippen LogP contribution in [0.15, 0.2) is 24.3 Å². The van der Waals surface area contributed by atoms with Crippen molar-refractivity contribution in [2.24, 2.45) is 35.5 Å². The van der Waals surface area contributed by atoms with Gasteiger partial charge in [0.25, 0.3) is 0 Å². The number of nitrogens with zero attached hydrogens (tertiary/aromatic N) is 1. The lowest BCUT2D eigenvalue weighted by molar-refractivity contribution is 0.0195. The summed E-state index contributed by atoms with van der Waals surface area (Å²) in [6, 6.07) is 10.9. The van der Waals surface area contributed by atoms with Crippen molar-refractivity contribution < 1.29 is 4.74 Å². The predicted octanol–water partition coefficient (Wildman–Crippen LogP) is 7.35. The molecular weight excluding hydrogens is 445 g/mol. The van der Waals surface area contributed by atoms with E-state index in [2.05, 4.69) is 43.0 Å². The highest BCUT2D eigenvalue weighted by atomic mass is 31.1. The van der Waals surface area contributed by atoms with E-state index in [0.717, 1.165) is 48.7 Å². The largest absolute Gasteiger partial charge is 0.377 e. The fourth-order valence-electron chi connectivity index (χ4n) is 12.0. The number of benzene rings is 1. The van der Waals surface area contributed by atoms with Crippen LogP contribution >= 0.6 is 7.92 Å². The predicted molar refractivity (Wildman–Crippen MR) is 147 cm³/mol. The van der Waals surface area contributed by atoms with Gasteiger partial charge in [0.05, 0.1) is 13.2 Å². The maximum absolute atomic E-state index is 6.01. The van der Waals surface area contributed by atoms with Gasteiger partial charge in [-0.2, -0.15) is 0 Å². The van der Waals surface area contributed by atoms with Crippen LogP contribution in [0.25, 0.3) is 0 Å². The fraction of sp³-hybridized carbons (Fsp3) is 0.812. The van der Waals surface area contributed by atoms with Crippen LogP contribution in [0.2, 0.25) is 0 Å². The maximum Gasteiger partial charge on any atom is 0.0668 e. The summed E-state index contributed by atoms with van der Waals surface area (Å²) < 4.78 is 6.01. The van der Waals surface area contributed by atoms with E-state index >= 15 is 0 Å². The molecule has 10 rings (SSSR count). The molecule has 1 aromatic rings. The quantitative estimate of drug-likeness (QED) is 0.409. The van der Waals surface area contributed by atoms with Gasteiger partial charge in [-0.15, -0.1) is 0 Å². The first-order valence-electron chi connectivity index (χ1n) is 15.3. The Bertz CT molecular complexity index is 863. The van der Waals surface area contributed by atoms with Gasteiger partial charge in [-0.1, -0.05) is 26.1 Å². The van der Waals surface area contributed by atoms with Gasteiger partial charge in [0.15, 0.2) is 0 Å². The molecule has 9 aliphatic rings. The number of rotatable bonds is 4. The lowest BCUT2D eigenvalue weighted by Gasteiger charge is -2.67. The van der Waals surface area contributed by atoms with E-state index in [1.54, 1.807) is 82.7 Å². The summed E-state index contributed by atoms with van der Waals surface area (Å²) in [7, 11) is -0.170. The Morgan fingerprint density at radius 2 is 1.06 bits per heavy atom. The molecule has 1 aliphatic heterocycles. The molecule has 3 heteroatoms. The molecule has 8 aliphatic carbocycles. The molecule has 2 unspecified atom stereocenters. The molecule has 0 radical (unpaired) electrons. The topological polar surface area (TPSA) is 12.5 Å². The van der Waals surface area contributed by atoms with Crippen LogP contribution in [0.5, 0.6) is 0 Å². The van der Waals surface area contributed by atoms with E-state index < -0.39 is 0 Å². The van der Waals surface area contributed by atoms with Gasteiger partial charge in [-0.05, 0) is 143 Å². The Morgan fingerprint density at radius 1 is 0.657 bits per heavy atom. The van der Waals surface area contributed by atoms with Crippen LogP contribution in [-0.4, -0.2) is 35.6 Å². The first-order chi connectivity index (χ1) is 17.0. The van der Waals surface area contributed by atoms with Crippen molar-refractivity contribution in [3.63, 3.8) is 0 Å². The van der Waals surface area contributed by atoms with Gasteiger partial charge in [0.2, 0.25) is 0 Å². The first kappa shape index (κ1) is 22.4. The molecule has 0 N–H and O–H groups in total. The van der Waals surface area contributed by atoms with Crippen LogP contribution in [-0.2, 0) is 4.74 Å². The van der Waals surface area contributed by atoms with Crippen LogP contribution in [0.4, 0.5) is 5.69 Å². The van der Waals surface area contributed by atoms with Gasteiger partial charge in [-0.25, -0.2) is 0 Å². The molecule has 0 amide bonds. The third-order valence-corrected chi connectivity index (χ3v) is 15.9. The van der Waals surface area contributed by atoms with Crippen molar-refractivity contribution in [1.82, 2.24) is 0 Å². The third kappa shape index (κ3) is 3.40. The van der Waals surface area contributed by atoms with Crippen molar-refractivity contribution in [2.75, 3.05) is 18.1 Å². The Labute approximate surface area is 214 Å². The monoisotopic (exact) mass is 491 g/mol. The minimum absolute atomic E-state index is 0.170. The molecule has 190 valence electrons. The van der Waals surface area contributed by atoms with E-state index in [0.29, 0.717) is 22.4 Å². The van der Waals surface area contributed by atoms with Crippen molar-refractivity contribution in [3.05, 3.63) is 24.3 Å². The molecule has 8 bridgehead atoms. The summed E-state index contributed by atoms with van der Waals surface area (Å²) in [6.45, 7) is 6.57. The normalized spacial score (nSPS) is 50.6. The highest BCUT2D eigenvalue weighted by Crippen LogP contribution is 2.78. The molecule has 0 spiro atoms. The second-order valence-corrected chi connectivity index (χ2v) is 17.8. The van der Waals surface area contributed by atoms with Gasteiger partial charge in [0.1, 0.15) is 0 Å². The Morgan fingerprint density at radius 3 is 1.49 bits per heavy atom. The molecule has 9 fully saturated rings. The summed E-state index contributed by atoms with van der Waals surface area (Å²) in [5.74, 6) is 6.30. The standard InChI is InChI=1S/C32H46NOP/c1-21-19-34-20-22(2)33(21)29-5-3-4-6-30(29)35(31-13-23-7-24(14-31)9-25(8-23)15-31)32-16-26-10-27(17-32)12-28(11-26)18-32/h3-6,21-28H,7-20H2,1-2H3. The number of hydrogen-bond donors (Lipinski definition) is 0. The Balaban J connectivity index is 1.30. The number of anilines is 1. The summed E-state index contributed by atoms with van der Waals surface area (Å²) >= 11 is 0. The molecule has 0 aromatic heterocycles. The average molecular weight is 492 g/mol. The van der Waals surface area contributed by atoms with Gasteiger partial charge in [0, 0.05) is 23.1 Å². The van der Waals surface area contributed by atoms with Crippen molar-refractivity contribution >= 4 is 18.9 Å². The summed E-state index contributed by atoms with van der Waals surface area (Å²) in [4.78, 5) is 2.80. The average Bonchev–Trinajstić information content (AvgIpc) is 2.78. The SMILES string of the molecule is CC1COCC(C)N1c1ccccc1P(C12CC3CC(CC(C3)C1)C2)C12CC3CC(CC(C3)C1)C2. The van der Waals surface area contributed by atoms with Crippen molar-refractivity contribution in [2.45, 2.75) is 113 Å². The molecule has 1 heterocycles. The van der Waals surface area contributed by atoms with E-state index in [4.69, 9.17) is 4.74 Å². The third-order valence-electron chi connectivity index (χ3n) is 12.0. The smallest absolute Gasteiger partial charge is 0.0668 e. The second kappa shape index (κ2) is 7.96. The van der Waals surface area contributed by atoms with Crippen LogP contribution < -0.4 is 10.2 Å². The highest BCUT2D eigenvalue weighted by Gasteiger charge is 2.63. The highest BCUT2D eigenvalue weighted by molar-refractivity contribution is 7.69. The maximum atomic E-state index is 6.01. The number of hydrogen-bond acceptors (Lipinski definition) is 2. The minimum Gasteiger partial charge on any atom is -0.377 e. The van der Waals surface area contributed by atoms with Gasteiger partial charge in [-0.3, -0.25) is 0 Å². The molecule has 2 atom stereocenters. The summed E-state index contributed by atoms with van der Waals surface area (Å²) in [5.41, 5.74) is 1.62. The van der Waals surface area contributed by atoms with Crippen LogP contribution in [0, 0.1) is 35.5 Å². The zero-order chi connectivity index (χ0) is 23.4. The van der Waals surface area contributed by atoms with Crippen LogP contribution in [0.3, 0.4) is 0 Å². The fourth-order valence-corrected chi connectivity index (χ4v) is 17.4. The van der Waals surface area contributed by atoms with Crippen molar-refractivity contribution in [3.8, 4) is 0 Å². The molecule has 35 heavy (non-hydrogen) atoms. The van der Waals surface area contributed by atoms with Gasteiger partial charge < -0.3 is 9.64 Å². The zero-order valence-corrected chi connectivity index (χ0v) is 23.0. The van der Waals surface area contributed by atoms with Crippen LogP contribution in [0.1, 0.15) is 90.9 Å². The van der Waals surface area contributed by atoms with Gasteiger partial charge >= 0.3 is 0 Å². The number of ether oxygens (including phenoxy) is 1. The lowest BCUT2D eigenvalue weighted by atomic mass is 9.55. The molecule has 8 saturated carbocycles. The summed E-state index contributed by atoms with van der Waals surface area (Å²) in [6.07, 6.45) is 18.9. The zero-order valence-electron chi connectivity index (χ0n) is 22.1. The number of morpholine rings is 1. The molecule has 1 saturated heterocycles. The Hall–Kier alpha value is -0.590. The molecular formula is C32H46NOP. The van der Waals surface area contributed by atoms with Crippen molar-refractivity contribution in [1.29, 1.82) is 0 Å². The molecule has 1 aromatic carbocycles. The Kier molecular flexibility index (Phi) is 5.09. The number of para-hydroxylation sites is 1. The minimum atomic E-state index is -0.170. The molecule has 2 nitrogen and oxygen atoms in total. The van der Waals surface area contributed by atoms with E-state index in [9.17, 15) is 0 Å². The lowest BCUT2D eigenvalue weighted by Crippen LogP contribution is -2.59. The van der Waals surface area contributed by atoms with E-state index in [1.807, 2.05) is 5.30 Å². The second-order valence-electron chi connectivity index (χ2n) is 14.8. The first-order valence-corrected chi connectivity index (χ1v) is 16.6. The summed E-state index contributed by atoms with van der Waals surface area (Å²) in [5, 5.41) is 3.13. The van der Waals surface area contributed by atoms with E-state index in [1.165, 1.54) is 0 Å². The van der Waals surface area contributed by atoms with E-state index in [-0.39, 0.29) is 7.92 Å².